The van der Waals surface area contributed by atoms with Gasteiger partial charge in [-0.15, -0.1) is 0 Å². The molecule has 3 aliphatic carbocycles. The summed E-state index contributed by atoms with van der Waals surface area (Å²) in [6.45, 7) is 3.27. The molecule has 2 bridgehead atoms. The monoisotopic (exact) mass is 323 g/mol. The molecule has 0 aromatic heterocycles. The number of hydrogen-bond acceptors (Lipinski definition) is 1. The van der Waals surface area contributed by atoms with E-state index in [9.17, 15) is 0 Å². The van der Waals surface area contributed by atoms with Crippen LogP contribution in [0.3, 0.4) is 0 Å². The van der Waals surface area contributed by atoms with Crippen LogP contribution in [0.1, 0.15) is 31.7 Å². The highest BCUT2D eigenvalue weighted by molar-refractivity contribution is 6.42. The lowest BCUT2D eigenvalue weighted by atomic mass is 9.93. The van der Waals surface area contributed by atoms with Crippen molar-refractivity contribution in [2.24, 2.45) is 29.6 Å². The van der Waals surface area contributed by atoms with E-state index in [1.54, 1.807) is 0 Å². The predicted molar refractivity (Wildman–Crippen MR) is 88.9 cm³/mol. The van der Waals surface area contributed by atoms with Crippen LogP contribution in [0, 0.1) is 29.6 Å². The van der Waals surface area contributed by atoms with Crippen LogP contribution in [-0.2, 0) is 6.42 Å². The molecule has 0 radical (unpaired) electrons. The molecule has 1 aromatic rings. The van der Waals surface area contributed by atoms with Crippen LogP contribution in [0.15, 0.2) is 18.2 Å². The zero-order valence-electron chi connectivity index (χ0n) is 12.5. The summed E-state index contributed by atoms with van der Waals surface area (Å²) in [6, 6.07) is 6.72. The van der Waals surface area contributed by atoms with Crippen LogP contribution >= 0.6 is 23.2 Å². The van der Waals surface area contributed by atoms with Crippen molar-refractivity contribution in [3.05, 3.63) is 33.8 Å². The van der Waals surface area contributed by atoms with E-state index >= 15 is 0 Å². The van der Waals surface area contributed by atoms with Gasteiger partial charge in [0, 0.05) is 6.04 Å². The summed E-state index contributed by atoms with van der Waals surface area (Å²) in [5, 5.41) is 5.08. The minimum atomic E-state index is 0.616. The molecule has 0 heterocycles. The molecule has 5 atom stereocenters. The van der Waals surface area contributed by atoms with Crippen LogP contribution in [0.4, 0.5) is 0 Å². The summed E-state index contributed by atoms with van der Waals surface area (Å²) < 4.78 is 0. The van der Waals surface area contributed by atoms with Crippen LogP contribution in [0.5, 0.6) is 0 Å². The zero-order chi connectivity index (χ0) is 14.6. The summed E-state index contributed by atoms with van der Waals surface area (Å²) in [6.07, 6.45) is 5.60. The molecule has 0 aliphatic heterocycles. The Bertz CT molecular complexity index is 528. The molecule has 4 rings (SSSR count). The Kier molecular flexibility index (Phi) is 3.72. The van der Waals surface area contributed by atoms with E-state index in [0.29, 0.717) is 16.1 Å². The normalized spacial score (nSPS) is 37.6. The molecule has 0 spiro atoms. The summed E-state index contributed by atoms with van der Waals surface area (Å²) in [5.41, 5.74) is 1.31. The van der Waals surface area contributed by atoms with Gasteiger partial charge < -0.3 is 5.32 Å². The molecule has 5 unspecified atom stereocenters. The third-order valence-corrected chi connectivity index (χ3v) is 6.90. The Hall–Kier alpha value is -0.240. The van der Waals surface area contributed by atoms with E-state index in [1.165, 1.54) is 24.8 Å². The molecule has 0 amide bonds. The highest BCUT2D eigenvalue weighted by atomic mass is 35.5. The quantitative estimate of drug-likeness (QED) is 0.820. The summed E-state index contributed by atoms with van der Waals surface area (Å²) in [7, 11) is 0. The second-order valence-electron chi connectivity index (χ2n) is 7.18. The Morgan fingerprint density at radius 2 is 1.86 bits per heavy atom. The Morgan fingerprint density at radius 3 is 2.48 bits per heavy atom. The molecule has 3 saturated carbocycles. The van der Waals surface area contributed by atoms with Crippen molar-refractivity contribution < 1.29 is 0 Å². The molecular formula is C18H23Cl2N. The van der Waals surface area contributed by atoms with Gasteiger partial charge in [0.2, 0.25) is 0 Å². The summed E-state index contributed by atoms with van der Waals surface area (Å²) >= 11 is 12.2. The SMILES string of the molecule is CCNC(Cc1ccc(Cl)c(Cl)c1)C1C2C3CCC(C3)C21. The lowest BCUT2D eigenvalue weighted by molar-refractivity contribution is 0.366. The molecule has 1 N–H and O–H groups in total. The largest absolute Gasteiger partial charge is 0.314 e. The van der Waals surface area contributed by atoms with Gasteiger partial charge >= 0.3 is 0 Å². The minimum absolute atomic E-state index is 0.616. The highest BCUT2D eigenvalue weighted by Crippen LogP contribution is 2.70. The maximum absolute atomic E-state index is 6.17. The van der Waals surface area contributed by atoms with Crippen molar-refractivity contribution in [1.82, 2.24) is 5.32 Å². The van der Waals surface area contributed by atoms with Gasteiger partial charge in [-0.1, -0.05) is 36.2 Å². The number of fused-ring (bicyclic) bond motifs is 5. The van der Waals surface area contributed by atoms with Gasteiger partial charge in [0.15, 0.2) is 0 Å². The average molecular weight is 324 g/mol. The number of likely N-dealkylation sites (N-methyl/N-ethyl adjacent to an activating group) is 1. The van der Waals surface area contributed by atoms with Crippen molar-refractivity contribution in [3.8, 4) is 0 Å². The van der Waals surface area contributed by atoms with Crippen molar-refractivity contribution in [1.29, 1.82) is 0 Å². The maximum atomic E-state index is 6.17. The molecule has 1 aromatic carbocycles. The summed E-state index contributed by atoms with van der Waals surface area (Å²) in [5.74, 6) is 5.04. The fraction of sp³-hybridized carbons (Fsp3) is 0.667. The minimum Gasteiger partial charge on any atom is -0.314 e. The van der Waals surface area contributed by atoms with Crippen LogP contribution in [0.25, 0.3) is 0 Å². The Morgan fingerprint density at radius 1 is 1.14 bits per heavy atom. The van der Waals surface area contributed by atoms with Crippen molar-refractivity contribution in [2.75, 3.05) is 6.54 Å². The molecular weight excluding hydrogens is 301 g/mol. The Labute approximate surface area is 137 Å². The number of hydrogen-bond donors (Lipinski definition) is 1. The van der Waals surface area contributed by atoms with Crippen molar-refractivity contribution >= 4 is 23.2 Å². The molecule has 21 heavy (non-hydrogen) atoms. The second-order valence-corrected chi connectivity index (χ2v) is 8.00. The first kappa shape index (κ1) is 14.4. The Balaban J connectivity index is 1.49. The summed E-state index contributed by atoms with van der Waals surface area (Å²) in [4.78, 5) is 0. The lowest BCUT2D eigenvalue weighted by Gasteiger charge is -2.22. The second kappa shape index (κ2) is 5.44. The molecule has 1 nitrogen and oxygen atoms in total. The average Bonchev–Trinajstić information content (AvgIpc) is 2.89. The van der Waals surface area contributed by atoms with E-state index in [4.69, 9.17) is 23.2 Å². The fourth-order valence-electron chi connectivity index (χ4n) is 5.46. The zero-order valence-corrected chi connectivity index (χ0v) is 14.0. The number of halogens is 2. The molecule has 0 saturated heterocycles. The predicted octanol–water partition coefficient (Wildman–Crippen LogP) is 4.81. The standard InChI is InChI=1S/C18H23Cl2N/c1-2-21-15(8-10-3-6-13(19)14(20)7-10)18-16-11-4-5-12(9-11)17(16)18/h3,6-7,11-12,15-18,21H,2,4-5,8-9H2,1H3. The van der Waals surface area contributed by atoms with Gasteiger partial charge in [-0.2, -0.15) is 0 Å². The van der Waals surface area contributed by atoms with Gasteiger partial charge in [-0.3, -0.25) is 0 Å². The first-order valence-electron chi connectivity index (χ1n) is 8.36. The van der Waals surface area contributed by atoms with E-state index in [2.05, 4.69) is 18.3 Å². The molecule has 114 valence electrons. The van der Waals surface area contributed by atoms with Gasteiger partial charge in [-0.25, -0.2) is 0 Å². The van der Waals surface area contributed by atoms with E-state index in [0.717, 1.165) is 42.6 Å². The lowest BCUT2D eigenvalue weighted by Crippen LogP contribution is -2.35. The number of nitrogens with one attached hydrogen (secondary N) is 1. The van der Waals surface area contributed by atoms with Gasteiger partial charge in [-0.05, 0) is 79.5 Å². The molecule has 3 fully saturated rings. The first-order valence-corrected chi connectivity index (χ1v) is 9.12. The molecule has 3 heteroatoms. The van der Waals surface area contributed by atoms with Crippen molar-refractivity contribution in [2.45, 2.75) is 38.6 Å². The molecule has 3 aliphatic rings. The highest BCUT2D eigenvalue weighted by Gasteiger charge is 2.66. The van der Waals surface area contributed by atoms with Gasteiger partial charge in [0.1, 0.15) is 0 Å². The topological polar surface area (TPSA) is 12.0 Å². The van der Waals surface area contributed by atoms with Crippen molar-refractivity contribution in [3.63, 3.8) is 0 Å². The fourth-order valence-corrected chi connectivity index (χ4v) is 5.78. The van der Waals surface area contributed by atoms with Gasteiger partial charge in [0.25, 0.3) is 0 Å². The number of rotatable bonds is 5. The van der Waals surface area contributed by atoms with E-state index in [-0.39, 0.29) is 0 Å². The smallest absolute Gasteiger partial charge is 0.0595 e. The third-order valence-electron chi connectivity index (χ3n) is 6.17. The third kappa shape index (κ3) is 2.42. The van der Waals surface area contributed by atoms with Gasteiger partial charge in [0.05, 0.1) is 10.0 Å². The maximum Gasteiger partial charge on any atom is 0.0595 e. The van der Waals surface area contributed by atoms with Crippen LogP contribution in [0.2, 0.25) is 10.0 Å². The van der Waals surface area contributed by atoms with E-state index in [1.807, 2.05) is 12.1 Å². The van der Waals surface area contributed by atoms with Crippen LogP contribution < -0.4 is 5.32 Å². The number of benzene rings is 1. The first-order chi connectivity index (χ1) is 10.2. The van der Waals surface area contributed by atoms with Crippen LogP contribution in [-0.4, -0.2) is 12.6 Å². The van der Waals surface area contributed by atoms with E-state index < -0.39 is 0 Å².